The number of nitrogens with one attached hydrogen (secondary N) is 1. The highest BCUT2D eigenvalue weighted by atomic mass is 35.5. The van der Waals surface area contributed by atoms with Crippen molar-refractivity contribution in [2.45, 2.75) is 0 Å². The molecule has 13 heavy (non-hydrogen) atoms. The Morgan fingerprint density at radius 2 is 1.85 bits per heavy atom. The minimum atomic E-state index is -0.779. The van der Waals surface area contributed by atoms with Crippen LogP contribution in [0.2, 0.25) is 10.0 Å². The number of ether oxygens (including phenoxy) is 1. The Hall–Kier alpha value is -0.970. The molecule has 70 valence electrons. The first-order chi connectivity index (χ1) is 6.11. The minimum absolute atomic E-state index is 0.237. The highest BCUT2D eigenvalue weighted by Gasteiger charge is 2.03. The van der Waals surface area contributed by atoms with Crippen LogP contribution in [0.1, 0.15) is 0 Å². The molecule has 0 heterocycles. The Morgan fingerprint density at radius 1 is 1.31 bits per heavy atom. The molecule has 0 radical (unpaired) electrons. The van der Waals surface area contributed by atoms with Crippen LogP contribution in [0, 0.1) is 0 Å². The SMILES string of the molecule is NNC(=O)Oc1cc(Cl)cc(Cl)c1. The van der Waals surface area contributed by atoms with Crippen LogP contribution in [0.3, 0.4) is 0 Å². The number of hydrazine groups is 1. The monoisotopic (exact) mass is 220 g/mol. The van der Waals surface area contributed by atoms with Crippen LogP contribution < -0.4 is 16.0 Å². The Labute approximate surface area is 84.5 Å². The molecule has 0 bridgehead atoms. The molecule has 4 nitrogen and oxygen atoms in total. The zero-order chi connectivity index (χ0) is 9.84. The van der Waals surface area contributed by atoms with Gasteiger partial charge in [0.05, 0.1) is 0 Å². The third-order valence-corrected chi connectivity index (χ3v) is 1.60. The van der Waals surface area contributed by atoms with Crippen molar-refractivity contribution in [2.75, 3.05) is 0 Å². The Morgan fingerprint density at radius 3 is 2.31 bits per heavy atom. The highest BCUT2D eigenvalue weighted by molar-refractivity contribution is 6.34. The summed E-state index contributed by atoms with van der Waals surface area (Å²) in [6.45, 7) is 0. The van der Waals surface area contributed by atoms with E-state index in [-0.39, 0.29) is 5.75 Å². The molecule has 0 aliphatic rings. The molecule has 0 aliphatic heterocycles. The Bertz CT molecular complexity index is 310. The topological polar surface area (TPSA) is 64.3 Å². The fourth-order valence-corrected chi connectivity index (χ4v) is 1.23. The molecule has 1 aromatic carbocycles. The second-order valence-electron chi connectivity index (χ2n) is 2.14. The lowest BCUT2D eigenvalue weighted by Crippen LogP contribution is -2.32. The van der Waals surface area contributed by atoms with Crippen molar-refractivity contribution in [3.63, 3.8) is 0 Å². The third kappa shape index (κ3) is 3.10. The number of rotatable bonds is 1. The van der Waals surface area contributed by atoms with Crippen molar-refractivity contribution in [3.8, 4) is 5.75 Å². The largest absolute Gasteiger partial charge is 0.426 e. The van der Waals surface area contributed by atoms with E-state index in [1.165, 1.54) is 18.2 Å². The van der Waals surface area contributed by atoms with Crippen LogP contribution in [0.25, 0.3) is 0 Å². The molecule has 0 atom stereocenters. The molecule has 1 rings (SSSR count). The van der Waals surface area contributed by atoms with E-state index in [4.69, 9.17) is 29.0 Å². The van der Waals surface area contributed by atoms with E-state index < -0.39 is 6.09 Å². The molecule has 1 amide bonds. The quantitative estimate of drug-likeness (QED) is 0.432. The van der Waals surface area contributed by atoms with Gasteiger partial charge in [0.1, 0.15) is 5.75 Å². The van der Waals surface area contributed by atoms with E-state index in [1.807, 2.05) is 0 Å². The summed E-state index contributed by atoms with van der Waals surface area (Å²) in [7, 11) is 0. The molecule has 0 aromatic heterocycles. The number of carbonyl (C=O) groups is 1. The smallest absolute Gasteiger partial charge is 0.409 e. The first-order valence-electron chi connectivity index (χ1n) is 3.26. The standard InChI is InChI=1S/C7H6Cl2N2O2/c8-4-1-5(9)3-6(2-4)13-7(12)11-10/h1-3H,10H2,(H,11,12). The van der Waals surface area contributed by atoms with Gasteiger partial charge in [-0.15, -0.1) is 0 Å². The van der Waals surface area contributed by atoms with E-state index in [2.05, 4.69) is 4.74 Å². The van der Waals surface area contributed by atoms with E-state index in [9.17, 15) is 4.79 Å². The summed E-state index contributed by atoms with van der Waals surface area (Å²) in [5.74, 6) is 5.04. The summed E-state index contributed by atoms with van der Waals surface area (Å²) in [6.07, 6.45) is -0.779. The van der Waals surface area contributed by atoms with Gasteiger partial charge >= 0.3 is 6.09 Å². The molecule has 3 N–H and O–H groups in total. The van der Waals surface area contributed by atoms with Crippen LogP contribution in [0.5, 0.6) is 5.75 Å². The maximum atomic E-state index is 10.7. The second kappa shape index (κ2) is 4.32. The molecule has 0 saturated heterocycles. The molecule has 0 saturated carbocycles. The van der Waals surface area contributed by atoms with Gasteiger partial charge in [-0.05, 0) is 18.2 Å². The van der Waals surface area contributed by atoms with E-state index >= 15 is 0 Å². The lowest BCUT2D eigenvalue weighted by Gasteiger charge is -2.03. The van der Waals surface area contributed by atoms with Crippen LogP contribution in [-0.2, 0) is 0 Å². The van der Waals surface area contributed by atoms with E-state index in [0.717, 1.165) is 0 Å². The lowest BCUT2D eigenvalue weighted by molar-refractivity contribution is 0.201. The summed E-state index contributed by atoms with van der Waals surface area (Å²) in [4.78, 5) is 10.7. The second-order valence-corrected chi connectivity index (χ2v) is 3.01. The number of halogens is 2. The Kier molecular flexibility index (Phi) is 3.36. The first-order valence-corrected chi connectivity index (χ1v) is 4.02. The number of amides is 1. The number of benzene rings is 1. The lowest BCUT2D eigenvalue weighted by atomic mass is 10.3. The number of hydrogen-bond acceptors (Lipinski definition) is 3. The van der Waals surface area contributed by atoms with Crippen LogP contribution >= 0.6 is 23.2 Å². The molecule has 1 aromatic rings. The average molecular weight is 221 g/mol. The maximum Gasteiger partial charge on any atom is 0.426 e. The molecular formula is C7H6Cl2N2O2. The van der Waals surface area contributed by atoms with Crippen molar-refractivity contribution < 1.29 is 9.53 Å². The van der Waals surface area contributed by atoms with Gasteiger partial charge in [0.2, 0.25) is 0 Å². The fraction of sp³-hybridized carbons (Fsp3) is 0. The highest BCUT2D eigenvalue weighted by Crippen LogP contribution is 2.23. The summed E-state index contributed by atoms with van der Waals surface area (Å²) in [5, 5.41) is 0.764. The van der Waals surface area contributed by atoms with Gasteiger partial charge in [0.25, 0.3) is 0 Å². The van der Waals surface area contributed by atoms with Crippen LogP contribution in [-0.4, -0.2) is 6.09 Å². The summed E-state index contributed by atoms with van der Waals surface area (Å²) < 4.78 is 4.68. The fourth-order valence-electron chi connectivity index (χ4n) is 0.724. The van der Waals surface area contributed by atoms with Gasteiger partial charge in [-0.25, -0.2) is 10.6 Å². The average Bonchev–Trinajstić information content (AvgIpc) is 2.02. The molecular weight excluding hydrogens is 215 g/mol. The summed E-state index contributed by atoms with van der Waals surface area (Å²) in [5.41, 5.74) is 1.81. The van der Waals surface area contributed by atoms with Gasteiger partial charge in [-0.1, -0.05) is 23.2 Å². The molecule has 6 heteroatoms. The van der Waals surface area contributed by atoms with E-state index in [1.54, 1.807) is 5.43 Å². The van der Waals surface area contributed by atoms with Gasteiger partial charge < -0.3 is 4.74 Å². The van der Waals surface area contributed by atoms with Crippen molar-refractivity contribution in [3.05, 3.63) is 28.2 Å². The van der Waals surface area contributed by atoms with Crippen LogP contribution in [0.4, 0.5) is 4.79 Å². The zero-order valence-electron chi connectivity index (χ0n) is 6.38. The van der Waals surface area contributed by atoms with Crippen molar-refractivity contribution in [1.82, 2.24) is 5.43 Å². The number of nitrogens with two attached hydrogens (primary N) is 1. The number of carbonyl (C=O) groups excluding carboxylic acids is 1. The normalized spacial score (nSPS) is 9.46. The van der Waals surface area contributed by atoms with Gasteiger partial charge in [-0.3, -0.25) is 5.43 Å². The van der Waals surface area contributed by atoms with E-state index in [0.29, 0.717) is 10.0 Å². The van der Waals surface area contributed by atoms with Gasteiger partial charge in [0, 0.05) is 10.0 Å². The van der Waals surface area contributed by atoms with Gasteiger partial charge in [0.15, 0.2) is 0 Å². The summed E-state index contributed by atoms with van der Waals surface area (Å²) in [6, 6.07) is 4.42. The third-order valence-electron chi connectivity index (χ3n) is 1.16. The number of hydrogen-bond donors (Lipinski definition) is 2. The minimum Gasteiger partial charge on any atom is -0.409 e. The van der Waals surface area contributed by atoms with Crippen molar-refractivity contribution in [2.24, 2.45) is 5.84 Å². The molecule has 0 spiro atoms. The first kappa shape index (κ1) is 10.1. The molecule has 0 unspecified atom stereocenters. The maximum absolute atomic E-state index is 10.7. The van der Waals surface area contributed by atoms with Crippen molar-refractivity contribution in [1.29, 1.82) is 0 Å². The van der Waals surface area contributed by atoms with Crippen molar-refractivity contribution >= 4 is 29.3 Å². The Balaban J connectivity index is 2.83. The summed E-state index contributed by atoms with van der Waals surface area (Å²) >= 11 is 11.3. The zero-order valence-corrected chi connectivity index (χ0v) is 7.89. The van der Waals surface area contributed by atoms with Crippen LogP contribution in [0.15, 0.2) is 18.2 Å². The predicted octanol–water partition coefficient (Wildman–Crippen LogP) is 1.96. The molecule has 0 aliphatic carbocycles. The predicted molar refractivity (Wildman–Crippen MR) is 49.8 cm³/mol. The van der Waals surface area contributed by atoms with Gasteiger partial charge in [-0.2, -0.15) is 0 Å². The molecule has 0 fully saturated rings.